The molecule has 4 heteroatoms. The molecular formula is C22H29O3Y-. The van der Waals surface area contributed by atoms with Crippen LogP contribution >= 0.6 is 0 Å². The van der Waals surface area contributed by atoms with E-state index in [-0.39, 0.29) is 56.1 Å². The Kier molecular flexibility index (Phi) is 8.64. The number of aryl methyl sites for hydroxylation is 1. The van der Waals surface area contributed by atoms with Crippen molar-refractivity contribution in [2.24, 2.45) is 11.8 Å². The van der Waals surface area contributed by atoms with Gasteiger partial charge in [0.2, 0.25) is 0 Å². The van der Waals surface area contributed by atoms with Crippen LogP contribution in [-0.4, -0.2) is 22.8 Å². The predicted octanol–water partition coefficient (Wildman–Crippen LogP) is 4.10. The van der Waals surface area contributed by atoms with E-state index >= 15 is 0 Å². The topological polar surface area (TPSA) is 54.4 Å². The maximum Gasteiger partial charge on any atom is 0.163 e. The minimum absolute atomic E-state index is 0. The molecule has 139 valence electrons. The normalized spacial score (nSPS) is 24.6. The number of fused-ring (bicyclic) bond motifs is 1. The first kappa shape index (κ1) is 21.9. The molecule has 0 spiro atoms. The molecule has 3 rings (SSSR count). The molecule has 0 aliphatic heterocycles. The van der Waals surface area contributed by atoms with E-state index in [9.17, 15) is 14.7 Å². The first-order valence-corrected chi connectivity index (χ1v) is 9.75. The van der Waals surface area contributed by atoms with Gasteiger partial charge in [-0.2, -0.15) is 6.42 Å². The molecule has 3 nitrogen and oxygen atoms in total. The Balaban J connectivity index is 0.00000243. The van der Waals surface area contributed by atoms with Crippen LogP contribution in [-0.2, 0) is 50.3 Å². The molecule has 0 bridgehead atoms. The summed E-state index contributed by atoms with van der Waals surface area (Å²) >= 11 is 0. The number of rotatable bonds is 8. The van der Waals surface area contributed by atoms with Crippen LogP contribution in [0.1, 0.15) is 72.9 Å². The number of carbonyl (C=O) groups is 2. The Morgan fingerprint density at radius 3 is 2.65 bits per heavy atom. The van der Waals surface area contributed by atoms with E-state index in [1.807, 2.05) is 12.1 Å². The van der Waals surface area contributed by atoms with Gasteiger partial charge in [-0.1, -0.05) is 37.5 Å². The van der Waals surface area contributed by atoms with Crippen molar-refractivity contribution in [2.45, 2.75) is 70.3 Å². The third kappa shape index (κ3) is 4.91. The van der Waals surface area contributed by atoms with Gasteiger partial charge in [-0.25, -0.2) is 0 Å². The molecule has 0 heterocycles. The monoisotopic (exact) mass is 430 g/mol. The van der Waals surface area contributed by atoms with E-state index in [1.54, 1.807) is 0 Å². The summed E-state index contributed by atoms with van der Waals surface area (Å²) < 4.78 is 0. The van der Waals surface area contributed by atoms with Crippen LogP contribution in [0.3, 0.4) is 0 Å². The minimum Gasteiger partial charge on any atom is -0.392 e. The van der Waals surface area contributed by atoms with Crippen LogP contribution in [0, 0.1) is 18.8 Å². The molecule has 2 aliphatic rings. The van der Waals surface area contributed by atoms with Crippen LogP contribution in [0.25, 0.3) is 0 Å². The van der Waals surface area contributed by atoms with Gasteiger partial charge in [0, 0.05) is 57.0 Å². The molecule has 1 aromatic rings. The third-order valence-electron chi connectivity index (χ3n) is 6.02. The number of benzene rings is 1. The quantitative estimate of drug-likeness (QED) is 0.499. The summed E-state index contributed by atoms with van der Waals surface area (Å²) in [5, 5.41) is 10.3. The van der Waals surface area contributed by atoms with Crippen molar-refractivity contribution in [3.05, 3.63) is 41.8 Å². The van der Waals surface area contributed by atoms with Crippen molar-refractivity contribution in [1.29, 1.82) is 0 Å². The predicted molar refractivity (Wildman–Crippen MR) is 98.5 cm³/mol. The summed E-state index contributed by atoms with van der Waals surface area (Å²) in [5.41, 5.74) is 3.28. The molecule has 0 aromatic heterocycles. The molecule has 1 aromatic carbocycles. The summed E-state index contributed by atoms with van der Waals surface area (Å²) in [6.07, 6.45) is 8.11. The van der Waals surface area contributed by atoms with E-state index in [0.717, 1.165) is 56.9 Å². The fourth-order valence-electron chi connectivity index (χ4n) is 4.63. The second kappa shape index (κ2) is 10.2. The molecule has 3 atom stereocenters. The average Bonchev–Trinajstić information content (AvgIpc) is 3.10. The zero-order chi connectivity index (χ0) is 17.8. The van der Waals surface area contributed by atoms with E-state index in [4.69, 9.17) is 0 Å². The van der Waals surface area contributed by atoms with Crippen molar-refractivity contribution >= 4 is 11.6 Å². The van der Waals surface area contributed by atoms with Gasteiger partial charge in [0.15, 0.2) is 5.78 Å². The van der Waals surface area contributed by atoms with Crippen LogP contribution in [0.15, 0.2) is 18.2 Å². The number of unbranched alkanes of at least 4 members (excludes halogenated alkanes) is 3. The van der Waals surface area contributed by atoms with Crippen molar-refractivity contribution < 1.29 is 47.4 Å². The molecule has 1 radical (unpaired) electrons. The first-order chi connectivity index (χ1) is 12.1. The molecular weight excluding hydrogens is 401 g/mol. The Morgan fingerprint density at radius 1 is 1.08 bits per heavy atom. The number of carbonyl (C=O) groups excluding carboxylic acids is 2. The van der Waals surface area contributed by atoms with Crippen molar-refractivity contribution in [3.8, 4) is 0 Å². The van der Waals surface area contributed by atoms with Gasteiger partial charge in [-0.15, -0.1) is 0 Å². The van der Waals surface area contributed by atoms with Gasteiger partial charge < -0.3 is 12.0 Å². The number of aliphatic hydroxyl groups excluding tert-OH is 1. The van der Waals surface area contributed by atoms with Gasteiger partial charge >= 0.3 is 0 Å². The Hall–Kier alpha value is -0.376. The molecule has 1 saturated carbocycles. The number of Topliss-reactive ketones (excluding diaryl/α,β-unsaturated/α-hetero) is 2. The number of aliphatic hydroxyl groups is 1. The van der Waals surface area contributed by atoms with Crippen LogP contribution in [0.2, 0.25) is 0 Å². The minimum atomic E-state index is -0.472. The molecule has 2 aliphatic carbocycles. The summed E-state index contributed by atoms with van der Waals surface area (Å²) in [4.78, 5) is 24.3. The Labute approximate surface area is 182 Å². The second-order valence-electron chi connectivity index (χ2n) is 7.62. The molecule has 1 N–H and O–H groups in total. The van der Waals surface area contributed by atoms with Crippen molar-refractivity contribution in [2.75, 3.05) is 0 Å². The Morgan fingerprint density at radius 2 is 1.88 bits per heavy atom. The summed E-state index contributed by atoms with van der Waals surface area (Å²) in [7, 11) is 0. The van der Waals surface area contributed by atoms with Gasteiger partial charge in [0.1, 0.15) is 5.78 Å². The van der Waals surface area contributed by atoms with Gasteiger partial charge in [-0.3, -0.25) is 9.59 Å². The third-order valence-corrected chi connectivity index (χ3v) is 6.02. The molecule has 1 fully saturated rings. The van der Waals surface area contributed by atoms with E-state index in [2.05, 4.69) is 13.0 Å². The number of ketones is 2. The van der Waals surface area contributed by atoms with Gasteiger partial charge in [0.25, 0.3) is 0 Å². The zero-order valence-electron chi connectivity index (χ0n) is 15.6. The van der Waals surface area contributed by atoms with Crippen LogP contribution < -0.4 is 0 Å². The zero-order valence-corrected chi connectivity index (χ0v) is 18.4. The van der Waals surface area contributed by atoms with Crippen molar-refractivity contribution in [1.82, 2.24) is 0 Å². The first-order valence-electron chi connectivity index (χ1n) is 9.75. The van der Waals surface area contributed by atoms with E-state index in [0.29, 0.717) is 12.8 Å². The Bertz CT molecular complexity index is 640. The summed E-state index contributed by atoms with van der Waals surface area (Å²) in [6, 6.07) is 5.97. The van der Waals surface area contributed by atoms with Crippen molar-refractivity contribution in [3.63, 3.8) is 0 Å². The molecule has 0 saturated heterocycles. The fraction of sp³-hybridized carbons (Fsp3) is 0.591. The van der Waals surface area contributed by atoms with E-state index < -0.39 is 6.10 Å². The molecule has 26 heavy (non-hydrogen) atoms. The van der Waals surface area contributed by atoms with Gasteiger partial charge in [0.05, 0.1) is 6.10 Å². The summed E-state index contributed by atoms with van der Waals surface area (Å²) in [5.74, 6) is 0.546. The number of hydrogen-bond donors (Lipinski definition) is 1. The average molecular weight is 430 g/mol. The maximum atomic E-state index is 12.4. The second-order valence-corrected chi connectivity index (χ2v) is 7.62. The molecule has 1 unspecified atom stereocenters. The van der Waals surface area contributed by atoms with Crippen LogP contribution in [0.4, 0.5) is 0 Å². The largest absolute Gasteiger partial charge is 0.392 e. The SMILES string of the molecule is [CH2-]CCCCC[C@H]1C(O)CC(=O)[C@@H]1CCc1cccc2c1CCC2=O.[Y]. The fourth-order valence-corrected chi connectivity index (χ4v) is 4.63. The van der Waals surface area contributed by atoms with Crippen LogP contribution in [0.5, 0.6) is 0 Å². The summed E-state index contributed by atoms with van der Waals surface area (Å²) in [6.45, 7) is 3.87. The standard InChI is InChI=1S/C22H29O3.Y/c1-2-3-4-5-8-18-19(22(25)14-21(18)24)11-10-15-7-6-9-17-16(15)12-13-20(17)23;/h6-7,9,18-19,21,24H,1-5,8,10-14H2;/q-1;/t18-,19-,21?;/m1./s1. The van der Waals surface area contributed by atoms with Gasteiger partial charge in [-0.05, 0) is 42.7 Å². The number of hydrogen-bond acceptors (Lipinski definition) is 3. The molecule has 0 amide bonds. The smallest absolute Gasteiger partial charge is 0.163 e. The van der Waals surface area contributed by atoms with E-state index in [1.165, 1.54) is 11.1 Å². The maximum absolute atomic E-state index is 12.4.